The highest BCUT2D eigenvalue weighted by Crippen LogP contribution is 2.38. The SMILES string of the molecule is CCC(C)NC(=O)CN1C(=O)N(c2cc(OC)cc(OC)c2)C(=O)C2CCCCC21. The van der Waals surface area contributed by atoms with E-state index in [1.165, 1.54) is 19.1 Å². The summed E-state index contributed by atoms with van der Waals surface area (Å²) in [5.74, 6) is 0.219. The van der Waals surface area contributed by atoms with Crippen LogP contribution in [-0.4, -0.2) is 55.6 Å². The standard InChI is InChI=1S/C22H31N3O5/c1-5-14(2)23-20(26)13-24-19-9-7-6-8-18(19)21(27)25(22(24)28)15-10-16(29-3)12-17(11-15)30-4/h10-12,14,18-19H,5-9,13H2,1-4H3,(H,23,26). The third-order valence-corrected chi connectivity index (χ3v) is 6.03. The van der Waals surface area contributed by atoms with Gasteiger partial charge in [0, 0.05) is 30.3 Å². The lowest BCUT2D eigenvalue weighted by molar-refractivity contribution is -0.130. The van der Waals surface area contributed by atoms with E-state index in [1.54, 1.807) is 23.1 Å². The van der Waals surface area contributed by atoms with Crippen LogP contribution in [-0.2, 0) is 9.59 Å². The largest absolute Gasteiger partial charge is 0.497 e. The lowest BCUT2D eigenvalue weighted by Gasteiger charge is -2.46. The molecule has 1 aliphatic carbocycles. The maximum Gasteiger partial charge on any atom is 0.332 e. The molecule has 8 heteroatoms. The predicted molar refractivity (Wildman–Crippen MR) is 113 cm³/mol. The number of hydrogen-bond donors (Lipinski definition) is 1. The molecule has 1 N–H and O–H groups in total. The van der Waals surface area contributed by atoms with E-state index in [4.69, 9.17) is 9.47 Å². The number of rotatable bonds is 7. The van der Waals surface area contributed by atoms with E-state index in [0.29, 0.717) is 23.6 Å². The highest BCUT2D eigenvalue weighted by Gasteiger charge is 2.48. The summed E-state index contributed by atoms with van der Waals surface area (Å²) < 4.78 is 10.6. The highest BCUT2D eigenvalue weighted by molar-refractivity contribution is 6.17. The van der Waals surface area contributed by atoms with Crippen molar-refractivity contribution < 1.29 is 23.9 Å². The summed E-state index contributed by atoms with van der Waals surface area (Å²) in [7, 11) is 3.03. The van der Waals surface area contributed by atoms with Crippen molar-refractivity contribution in [2.24, 2.45) is 5.92 Å². The molecule has 2 fully saturated rings. The van der Waals surface area contributed by atoms with Crippen molar-refractivity contribution in [3.05, 3.63) is 18.2 Å². The maximum atomic E-state index is 13.5. The third kappa shape index (κ3) is 4.37. The first kappa shape index (κ1) is 21.9. The Labute approximate surface area is 177 Å². The van der Waals surface area contributed by atoms with Gasteiger partial charge in [0.1, 0.15) is 18.0 Å². The number of benzene rings is 1. The molecule has 1 aliphatic heterocycles. The number of anilines is 1. The van der Waals surface area contributed by atoms with Gasteiger partial charge in [-0.15, -0.1) is 0 Å². The van der Waals surface area contributed by atoms with Crippen LogP contribution in [0.4, 0.5) is 10.5 Å². The van der Waals surface area contributed by atoms with Gasteiger partial charge in [0.15, 0.2) is 0 Å². The van der Waals surface area contributed by atoms with Crippen LogP contribution in [0.5, 0.6) is 11.5 Å². The molecule has 1 saturated carbocycles. The lowest BCUT2D eigenvalue weighted by atomic mass is 9.81. The Morgan fingerprint density at radius 2 is 1.77 bits per heavy atom. The van der Waals surface area contributed by atoms with Crippen molar-refractivity contribution in [3.8, 4) is 11.5 Å². The smallest absolute Gasteiger partial charge is 0.332 e. The molecule has 3 unspecified atom stereocenters. The quantitative estimate of drug-likeness (QED) is 0.737. The van der Waals surface area contributed by atoms with E-state index in [0.717, 1.165) is 25.7 Å². The first-order valence-electron chi connectivity index (χ1n) is 10.6. The minimum absolute atomic E-state index is 0.0277. The van der Waals surface area contributed by atoms with Crippen molar-refractivity contribution in [2.75, 3.05) is 25.7 Å². The van der Waals surface area contributed by atoms with Crippen LogP contribution in [0, 0.1) is 5.92 Å². The fraction of sp³-hybridized carbons (Fsp3) is 0.591. The van der Waals surface area contributed by atoms with E-state index in [1.807, 2.05) is 13.8 Å². The molecule has 1 aromatic carbocycles. The molecule has 8 nitrogen and oxygen atoms in total. The summed E-state index contributed by atoms with van der Waals surface area (Å²) >= 11 is 0. The molecule has 3 atom stereocenters. The number of urea groups is 1. The van der Waals surface area contributed by atoms with E-state index in [9.17, 15) is 14.4 Å². The van der Waals surface area contributed by atoms with Crippen LogP contribution in [0.3, 0.4) is 0 Å². The van der Waals surface area contributed by atoms with Crippen LogP contribution < -0.4 is 19.7 Å². The Morgan fingerprint density at radius 3 is 2.37 bits per heavy atom. The average molecular weight is 418 g/mol. The second-order valence-corrected chi connectivity index (χ2v) is 7.99. The number of nitrogens with one attached hydrogen (secondary N) is 1. The summed E-state index contributed by atoms with van der Waals surface area (Å²) in [6, 6.07) is 4.27. The zero-order valence-corrected chi connectivity index (χ0v) is 18.1. The Balaban J connectivity index is 1.95. The minimum atomic E-state index is -0.474. The molecule has 30 heavy (non-hydrogen) atoms. The minimum Gasteiger partial charge on any atom is -0.497 e. The number of amides is 4. The summed E-state index contributed by atoms with van der Waals surface area (Å²) in [5.41, 5.74) is 0.387. The Bertz CT molecular complexity index is 790. The van der Waals surface area contributed by atoms with Gasteiger partial charge in [-0.3, -0.25) is 9.59 Å². The van der Waals surface area contributed by atoms with Gasteiger partial charge in [0.25, 0.3) is 0 Å². The molecular formula is C22H31N3O5. The molecule has 1 saturated heterocycles. The van der Waals surface area contributed by atoms with E-state index in [2.05, 4.69) is 5.32 Å². The van der Waals surface area contributed by atoms with Gasteiger partial charge < -0.3 is 19.7 Å². The number of nitrogens with zero attached hydrogens (tertiary/aromatic N) is 2. The van der Waals surface area contributed by atoms with Gasteiger partial charge in [0.2, 0.25) is 11.8 Å². The number of methoxy groups -OCH3 is 2. The van der Waals surface area contributed by atoms with Crippen molar-refractivity contribution >= 4 is 23.5 Å². The predicted octanol–water partition coefficient (Wildman–Crippen LogP) is 2.95. The van der Waals surface area contributed by atoms with E-state index < -0.39 is 6.03 Å². The Morgan fingerprint density at radius 1 is 1.13 bits per heavy atom. The summed E-state index contributed by atoms with van der Waals surface area (Å²) in [5, 5.41) is 2.92. The van der Waals surface area contributed by atoms with Gasteiger partial charge in [-0.2, -0.15) is 0 Å². The van der Waals surface area contributed by atoms with E-state index in [-0.39, 0.29) is 36.4 Å². The van der Waals surface area contributed by atoms with Gasteiger partial charge in [0.05, 0.1) is 25.8 Å². The fourth-order valence-electron chi connectivity index (χ4n) is 4.22. The van der Waals surface area contributed by atoms with Gasteiger partial charge in [-0.1, -0.05) is 19.8 Å². The van der Waals surface area contributed by atoms with Crippen LogP contribution in [0.1, 0.15) is 46.0 Å². The molecule has 4 amide bonds. The van der Waals surface area contributed by atoms with E-state index >= 15 is 0 Å². The molecule has 0 spiro atoms. The molecule has 164 valence electrons. The second-order valence-electron chi connectivity index (χ2n) is 7.99. The van der Waals surface area contributed by atoms with Crippen molar-refractivity contribution in [3.63, 3.8) is 0 Å². The van der Waals surface area contributed by atoms with Crippen molar-refractivity contribution in [1.82, 2.24) is 10.2 Å². The third-order valence-electron chi connectivity index (χ3n) is 6.03. The summed E-state index contributed by atoms with van der Waals surface area (Å²) in [4.78, 5) is 42.1. The number of ether oxygens (including phenoxy) is 2. The van der Waals surface area contributed by atoms with Crippen LogP contribution in [0.25, 0.3) is 0 Å². The number of carbonyl (C=O) groups is 3. The molecule has 0 radical (unpaired) electrons. The summed E-state index contributed by atoms with van der Waals surface area (Å²) in [6.45, 7) is 3.86. The highest BCUT2D eigenvalue weighted by atomic mass is 16.5. The normalized spacial score (nSPS) is 22.4. The van der Waals surface area contributed by atoms with Crippen LogP contribution in [0.15, 0.2) is 18.2 Å². The summed E-state index contributed by atoms with van der Waals surface area (Å²) in [6.07, 6.45) is 4.12. The number of hydrogen-bond acceptors (Lipinski definition) is 5. The van der Waals surface area contributed by atoms with Crippen LogP contribution >= 0.6 is 0 Å². The zero-order chi connectivity index (χ0) is 21.8. The second kappa shape index (κ2) is 9.36. The lowest BCUT2D eigenvalue weighted by Crippen LogP contribution is -2.64. The van der Waals surface area contributed by atoms with Crippen molar-refractivity contribution in [1.29, 1.82) is 0 Å². The zero-order valence-electron chi connectivity index (χ0n) is 18.1. The molecule has 3 rings (SSSR count). The fourth-order valence-corrected chi connectivity index (χ4v) is 4.22. The molecule has 0 bridgehead atoms. The molecule has 1 aromatic rings. The Kier molecular flexibility index (Phi) is 6.84. The first-order chi connectivity index (χ1) is 14.4. The number of fused-ring (bicyclic) bond motifs is 1. The number of carbonyl (C=O) groups excluding carboxylic acids is 3. The monoisotopic (exact) mass is 417 g/mol. The molecular weight excluding hydrogens is 386 g/mol. The van der Waals surface area contributed by atoms with Gasteiger partial charge >= 0.3 is 6.03 Å². The van der Waals surface area contributed by atoms with Gasteiger partial charge in [-0.25, -0.2) is 9.69 Å². The molecule has 0 aromatic heterocycles. The molecule has 1 heterocycles. The average Bonchev–Trinajstić information content (AvgIpc) is 2.76. The number of imide groups is 1. The molecule has 2 aliphatic rings. The Hall–Kier alpha value is -2.77. The topological polar surface area (TPSA) is 88.2 Å². The van der Waals surface area contributed by atoms with Crippen LogP contribution in [0.2, 0.25) is 0 Å². The maximum absolute atomic E-state index is 13.5. The van der Waals surface area contributed by atoms with Gasteiger partial charge in [-0.05, 0) is 26.2 Å². The first-order valence-corrected chi connectivity index (χ1v) is 10.6. The van der Waals surface area contributed by atoms with Crippen molar-refractivity contribution in [2.45, 2.75) is 58.0 Å².